The smallest absolute Gasteiger partial charge is 0.344 e. The Morgan fingerprint density at radius 3 is 2.42 bits per heavy atom. The highest BCUT2D eigenvalue weighted by Crippen LogP contribution is 2.54. The maximum atomic E-state index is 14.0. The number of hydrogen-bond donors (Lipinski definition) is 1. The number of imide groups is 1. The number of fused-ring (bicyclic) bond motifs is 2. The van der Waals surface area contributed by atoms with Crippen molar-refractivity contribution >= 4 is 64.1 Å². The van der Waals surface area contributed by atoms with Crippen molar-refractivity contribution in [3.63, 3.8) is 0 Å². The molecule has 2 aromatic carbocycles. The van der Waals surface area contributed by atoms with Gasteiger partial charge in [0.05, 0.1) is 35.4 Å². The van der Waals surface area contributed by atoms with Crippen LogP contribution in [-0.4, -0.2) is 53.8 Å². The fourth-order valence-electron chi connectivity index (χ4n) is 4.80. The van der Waals surface area contributed by atoms with Crippen LogP contribution in [0.15, 0.2) is 52.3 Å². The second kappa shape index (κ2) is 11.5. The Hall–Kier alpha value is -3.61. The molecular weight excluding hydrogens is 580 g/mol. The molecule has 2 amide bonds. The van der Waals surface area contributed by atoms with E-state index >= 15 is 0 Å². The van der Waals surface area contributed by atoms with E-state index in [9.17, 15) is 24.0 Å². The van der Waals surface area contributed by atoms with Gasteiger partial charge >= 0.3 is 16.8 Å². The number of rotatable bonds is 8. The van der Waals surface area contributed by atoms with Gasteiger partial charge < -0.3 is 19.2 Å². The number of hydrogen-bond acceptors (Lipinski definition) is 10. The number of nitrogens with one attached hydrogen (secondary N) is 1. The molecule has 1 fully saturated rings. The maximum absolute atomic E-state index is 14.0. The topological polar surface area (TPSA) is 132 Å². The summed E-state index contributed by atoms with van der Waals surface area (Å²) in [5.41, 5.74) is 1.05. The first-order valence-corrected chi connectivity index (χ1v) is 14.4. The molecular formula is C27H23ClN2O8S2. The standard InChI is InChI=1S/C27H23ClN2O8S2/c1-3-36-18(31)12-38-17-10-7-14(28)11-16(17)19-20-22(39-23-21(19)40-27(35)29-23)25(33)30(24(20)32)15-8-5-13(6-9-15)26(34)37-4-2/h5-11,19-20,22H,3-4,12H2,1-2H3,(H,29,35)/t19-,20-,22+/m0/s1. The average Bonchev–Trinajstić information content (AvgIpc) is 3.42. The van der Waals surface area contributed by atoms with Crippen molar-refractivity contribution < 1.29 is 33.4 Å². The van der Waals surface area contributed by atoms with Crippen LogP contribution in [0, 0.1) is 5.92 Å². The van der Waals surface area contributed by atoms with Gasteiger partial charge in [-0.1, -0.05) is 34.7 Å². The number of halogens is 1. The summed E-state index contributed by atoms with van der Waals surface area (Å²) in [4.78, 5) is 68.3. The number of aromatic amines is 1. The van der Waals surface area contributed by atoms with Crippen molar-refractivity contribution in [2.24, 2.45) is 5.92 Å². The third kappa shape index (κ3) is 5.14. The predicted molar refractivity (Wildman–Crippen MR) is 148 cm³/mol. The fraction of sp³-hybridized carbons (Fsp3) is 0.296. The number of thioether (sulfide) groups is 1. The summed E-state index contributed by atoms with van der Waals surface area (Å²) in [5.74, 6) is -3.40. The quantitative estimate of drug-likeness (QED) is 0.300. The number of carbonyl (C=O) groups excluding carboxylic acids is 4. The molecule has 13 heteroatoms. The number of anilines is 1. The Morgan fingerprint density at radius 2 is 1.73 bits per heavy atom. The number of amides is 2. The molecule has 0 spiro atoms. The number of ether oxygens (including phenoxy) is 3. The molecule has 0 bridgehead atoms. The van der Waals surface area contributed by atoms with Crippen molar-refractivity contribution in [2.45, 2.75) is 30.0 Å². The molecule has 3 heterocycles. The highest BCUT2D eigenvalue weighted by molar-refractivity contribution is 8.00. The molecule has 5 rings (SSSR count). The minimum Gasteiger partial charge on any atom is -0.482 e. The largest absolute Gasteiger partial charge is 0.482 e. The third-order valence-electron chi connectivity index (χ3n) is 6.42. The molecule has 1 aromatic heterocycles. The van der Waals surface area contributed by atoms with Gasteiger partial charge in [0.15, 0.2) is 6.61 Å². The predicted octanol–water partition coefficient (Wildman–Crippen LogP) is 4.00. The Kier molecular flexibility index (Phi) is 8.02. The van der Waals surface area contributed by atoms with Crippen LogP contribution < -0.4 is 14.5 Å². The van der Waals surface area contributed by atoms with Gasteiger partial charge in [-0.25, -0.2) is 14.5 Å². The van der Waals surface area contributed by atoms with Gasteiger partial charge in [0.2, 0.25) is 11.8 Å². The zero-order chi connectivity index (χ0) is 28.6. The number of nitrogens with zero attached hydrogens (tertiary/aromatic N) is 1. The van der Waals surface area contributed by atoms with Gasteiger partial charge in [0.1, 0.15) is 11.0 Å². The summed E-state index contributed by atoms with van der Waals surface area (Å²) in [7, 11) is 0. The summed E-state index contributed by atoms with van der Waals surface area (Å²) >= 11 is 8.43. The van der Waals surface area contributed by atoms with E-state index in [-0.39, 0.29) is 36.0 Å². The molecule has 0 radical (unpaired) electrons. The normalized spacial score (nSPS) is 19.7. The summed E-state index contributed by atoms with van der Waals surface area (Å²) in [6, 6.07) is 10.8. The second-order valence-corrected chi connectivity index (χ2v) is 11.4. The van der Waals surface area contributed by atoms with E-state index < -0.39 is 40.8 Å². The van der Waals surface area contributed by atoms with E-state index in [0.29, 0.717) is 26.2 Å². The van der Waals surface area contributed by atoms with Gasteiger partial charge in [-0.15, -0.1) is 0 Å². The van der Waals surface area contributed by atoms with Crippen LogP contribution in [0.5, 0.6) is 5.75 Å². The zero-order valence-electron chi connectivity index (χ0n) is 21.3. The highest BCUT2D eigenvalue weighted by Gasteiger charge is 2.56. The van der Waals surface area contributed by atoms with Crippen molar-refractivity contribution in [3.8, 4) is 5.75 Å². The first-order valence-electron chi connectivity index (χ1n) is 12.4. The number of thiazole rings is 1. The van der Waals surface area contributed by atoms with Gasteiger partial charge in [-0.2, -0.15) is 0 Å². The second-order valence-electron chi connectivity index (χ2n) is 8.80. The monoisotopic (exact) mass is 602 g/mol. The Bertz CT molecular complexity index is 1550. The molecule has 1 N–H and O–H groups in total. The van der Waals surface area contributed by atoms with Crippen molar-refractivity contribution in [1.82, 2.24) is 4.98 Å². The molecule has 10 nitrogen and oxygen atoms in total. The third-order valence-corrected chi connectivity index (χ3v) is 9.05. The summed E-state index contributed by atoms with van der Waals surface area (Å²) in [5, 5.41) is -0.0176. The van der Waals surface area contributed by atoms with E-state index in [1.165, 1.54) is 24.3 Å². The van der Waals surface area contributed by atoms with E-state index in [2.05, 4.69) is 4.98 Å². The van der Waals surface area contributed by atoms with E-state index in [1.807, 2.05) is 0 Å². The number of carbonyl (C=O) groups is 4. The van der Waals surface area contributed by atoms with Crippen molar-refractivity contribution in [1.29, 1.82) is 0 Å². The fourth-order valence-corrected chi connectivity index (χ4v) is 7.49. The van der Waals surface area contributed by atoms with Crippen LogP contribution in [0.3, 0.4) is 0 Å². The minimum atomic E-state index is -0.899. The molecule has 2 aliphatic rings. The number of aromatic nitrogens is 1. The average molecular weight is 603 g/mol. The van der Waals surface area contributed by atoms with Crippen molar-refractivity contribution in [2.75, 3.05) is 24.7 Å². The van der Waals surface area contributed by atoms with Crippen LogP contribution in [0.2, 0.25) is 5.02 Å². The van der Waals surface area contributed by atoms with Crippen molar-refractivity contribution in [3.05, 3.63) is 73.2 Å². The van der Waals surface area contributed by atoms with Gasteiger partial charge in [0.25, 0.3) is 0 Å². The number of esters is 2. The zero-order valence-corrected chi connectivity index (χ0v) is 23.7. The first-order chi connectivity index (χ1) is 19.2. The first kappa shape index (κ1) is 27.9. The molecule has 0 saturated carbocycles. The van der Waals surface area contributed by atoms with E-state index in [4.69, 9.17) is 25.8 Å². The number of H-pyrrole nitrogens is 1. The lowest BCUT2D eigenvalue weighted by Gasteiger charge is -2.31. The molecule has 3 aromatic rings. The molecule has 2 aliphatic heterocycles. The molecule has 208 valence electrons. The lowest BCUT2D eigenvalue weighted by atomic mass is 9.82. The molecule has 1 saturated heterocycles. The Balaban J connectivity index is 1.55. The van der Waals surface area contributed by atoms with Gasteiger partial charge in [-0.3, -0.25) is 14.4 Å². The van der Waals surface area contributed by atoms with Crippen LogP contribution in [0.4, 0.5) is 5.69 Å². The minimum absolute atomic E-state index is 0.188. The SMILES string of the molecule is CCOC(=O)COc1ccc(Cl)cc1[C@@H]1c2sc(=O)[nH]c2S[C@H]2C(=O)N(c3ccc(C(=O)OCC)cc3)C(=O)[C@@H]12. The summed E-state index contributed by atoms with van der Waals surface area (Å²) in [6.07, 6.45) is 0. The van der Waals surface area contributed by atoms with Crippen LogP contribution >= 0.6 is 34.7 Å². The molecule has 40 heavy (non-hydrogen) atoms. The van der Waals surface area contributed by atoms with Crippen LogP contribution in [0.1, 0.15) is 40.6 Å². The lowest BCUT2D eigenvalue weighted by Crippen LogP contribution is -2.32. The lowest BCUT2D eigenvalue weighted by molar-refractivity contribution is -0.145. The molecule has 0 unspecified atom stereocenters. The van der Waals surface area contributed by atoms with Gasteiger partial charge in [0, 0.05) is 21.4 Å². The van der Waals surface area contributed by atoms with Gasteiger partial charge in [-0.05, 0) is 56.3 Å². The highest BCUT2D eigenvalue weighted by atomic mass is 35.5. The van der Waals surface area contributed by atoms with E-state index in [0.717, 1.165) is 28.0 Å². The summed E-state index contributed by atoms with van der Waals surface area (Å²) < 4.78 is 15.8. The Morgan fingerprint density at radius 1 is 1.00 bits per heavy atom. The summed E-state index contributed by atoms with van der Waals surface area (Å²) in [6.45, 7) is 3.41. The Labute approximate surface area is 241 Å². The molecule has 0 aliphatic carbocycles. The van der Waals surface area contributed by atoms with Crippen LogP contribution in [0.25, 0.3) is 0 Å². The number of benzene rings is 2. The van der Waals surface area contributed by atoms with E-state index in [1.54, 1.807) is 32.0 Å². The molecule has 3 atom stereocenters. The maximum Gasteiger partial charge on any atom is 0.344 e. The van der Waals surface area contributed by atoms with Crippen LogP contribution in [-0.2, 0) is 23.9 Å².